The van der Waals surface area contributed by atoms with Gasteiger partial charge in [0.25, 0.3) is 0 Å². The average molecular weight is 400 g/mol. The van der Waals surface area contributed by atoms with E-state index in [9.17, 15) is 9.59 Å². The van der Waals surface area contributed by atoms with E-state index in [-0.39, 0.29) is 17.9 Å². The van der Waals surface area contributed by atoms with Gasteiger partial charge in [-0.3, -0.25) is 9.59 Å². The van der Waals surface area contributed by atoms with Crippen LogP contribution < -0.4 is 4.90 Å². The first-order valence-electron chi connectivity index (χ1n) is 11.1. The van der Waals surface area contributed by atoms with Crippen LogP contribution in [-0.4, -0.2) is 73.6 Å². The Hall–Kier alpha value is -2.08. The van der Waals surface area contributed by atoms with Gasteiger partial charge in [-0.25, -0.2) is 0 Å². The molecule has 0 aromatic heterocycles. The summed E-state index contributed by atoms with van der Waals surface area (Å²) in [6.07, 6.45) is 4.23. The molecule has 6 nitrogen and oxygen atoms in total. The summed E-state index contributed by atoms with van der Waals surface area (Å²) < 4.78 is 5.41. The van der Waals surface area contributed by atoms with Gasteiger partial charge in [0, 0.05) is 38.4 Å². The smallest absolute Gasteiger partial charge is 0.245 e. The Kier molecular flexibility index (Phi) is 6.38. The predicted octanol–water partition coefficient (Wildman–Crippen LogP) is 2.32. The van der Waals surface area contributed by atoms with Crippen molar-refractivity contribution in [3.8, 4) is 0 Å². The normalized spacial score (nSPS) is 23.5. The molecule has 1 atom stereocenters. The van der Waals surface area contributed by atoms with Crippen LogP contribution in [0.3, 0.4) is 0 Å². The molecular formula is C23H33N3O3. The van der Waals surface area contributed by atoms with Crippen molar-refractivity contribution in [3.05, 3.63) is 29.8 Å². The second kappa shape index (κ2) is 9.16. The monoisotopic (exact) mass is 399 g/mol. The maximum atomic E-state index is 13.0. The number of benzene rings is 1. The molecule has 4 rings (SSSR count). The molecule has 158 valence electrons. The van der Waals surface area contributed by atoms with Crippen LogP contribution >= 0.6 is 0 Å². The van der Waals surface area contributed by atoms with Gasteiger partial charge in [0.15, 0.2) is 0 Å². The van der Waals surface area contributed by atoms with Crippen molar-refractivity contribution in [2.24, 2.45) is 5.92 Å². The van der Waals surface area contributed by atoms with Crippen LogP contribution in [0.1, 0.15) is 38.2 Å². The zero-order valence-corrected chi connectivity index (χ0v) is 17.5. The number of carbonyl (C=O) groups is 2. The number of anilines is 1. The summed E-state index contributed by atoms with van der Waals surface area (Å²) >= 11 is 0. The van der Waals surface area contributed by atoms with Crippen LogP contribution in [0, 0.1) is 5.92 Å². The quantitative estimate of drug-likeness (QED) is 0.780. The van der Waals surface area contributed by atoms with Crippen LogP contribution in [0.2, 0.25) is 0 Å². The minimum Gasteiger partial charge on any atom is -0.378 e. The molecule has 3 heterocycles. The van der Waals surface area contributed by atoms with E-state index >= 15 is 0 Å². The molecule has 2 amide bonds. The number of piperidine rings is 1. The Morgan fingerprint density at radius 1 is 0.966 bits per heavy atom. The summed E-state index contributed by atoms with van der Waals surface area (Å²) in [5.41, 5.74) is 2.19. The average Bonchev–Trinajstić information content (AvgIpc) is 3.25. The van der Waals surface area contributed by atoms with Gasteiger partial charge in [-0.05, 0) is 49.3 Å². The second-order valence-corrected chi connectivity index (χ2v) is 8.70. The Morgan fingerprint density at radius 2 is 1.66 bits per heavy atom. The summed E-state index contributed by atoms with van der Waals surface area (Å²) in [6.45, 7) is 7.96. The van der Waals surface area contributed by atoms with E-state index in [2.05, 4.69) is 24.0 Å². The second-order valence-electron chi connectivity index (χ2n) is 8.70. The third-order valence-corrected chi connectivity index (χ3v) is 6.62. The van der Waals surface area contributed by atoms with Crippen molar-refractivity contribution in [1.82, 2.24) is 9.80 Å². The number of nitrogens with zero attached hydrogens (tertiary/aromatic N) is 3. The van der Waals surface area contributed by atoms with Crippen LogP contribution in [-0.2, 0) is 20.7 Å². The molecule has 1 unspecified atom stereocenters. The predicted molar refractivity (Wildman–Crippen MR) is 113 cm³/mol. The van der Waals surface area contributed by atoms with Gasteiger partial charge < -0.3 is 19.4 Å². The van der Waals surface area contributed by atoms with E-state index in [1.54, 1.807) is 0 Å². The highest BCUT2D eigenvalue weighted by Crippen LogP contribution is 2.24. The highest BCUT2D eigenvalue weighted by atomic mass is 16.5. The summed E-state index contributed by atoms with van der Waals surface area (Å²) in [5, 5.41) is 0. The number of likely N-dealkylation sites (tertiary alicyclic amines) is 2. The lowest BCUT2D eigenvalue weighted by Gasteiger charge is -2.34. The minimum atomic E-state index is -0.261. The summed E-state index contributed by atoms with van der Waals surface area (Å²) in [6, 6.07) is 8.01. The molecule has 0 spiro atoms. The lowest BCUT2D eigenvalue weighted by atomic mass is 9.98. The molecule has 0 bridgehead atoms. The first-order chi connectivity index (χ1) is 14.1. The van der Waals surface area contributed by atoms with Gasteiger partial charge in [0.2, 0.25) is 11.8 Å². The Bertz CT molecular complexity index is 707. The molecule has 1 aromatic rings. The lowest BCUT2D eigenvalue weighted by Crippen LogP contribution is -2.50. The molecule has 3 aliphatic rings. The molecule has 3 aliphatic heterocycles. The number of hydrogen-bond acceptors (Lipinski definition) is 4. The summed E-state index contributed by atoms with van der Waals surface area (Å²) in [5.74, 6) is 0.927. The van der Waals surface area contributed by atoms with Gasteiger partial charge in [0.05, 0.1) is 19.6 Å². The number of carbonyl (C=O) groups excluding carboxylic acids is 2. The molecule has 6 heteroatoms. The van der Waals surface area contributed by atoms with Crippen molar-refractivity contribution >= 4 is 17.5 Å². The van der Waals surface area contributed by atoms with Crippen molar-refractivity contribution in [3.63, 3.8) is 0 Å². The van der Waals surface area contributed by atoms with Gasteiger partial charge >= 0.3 is 0 Å². The Morgan fingerprint density at radius 3 is 2.34 bits per heavy atom. The number of amides is 2. The SMILES string of the molecule is CC1CCN(C(=O)C2CCCN2C(=O)Cc2ccc(N3CCOCC3)cc2)CC1. The molecule has 0 aliphatic carbocycles. The molecule has 0 N–H and O–H groups in total. The van der Waals surface area contributed by atoms with Crippen LogP contribution in [0.4, 0.5) is 5.69 Å². The lowest BCUT2D eigenvalue weighted by molar-refractivity contribution is -0.144. The third kappa shape index (κ3) is 4.74. The molecule has 29 heavy (non-hydrogen) atoms. The van der Waals surface area contributed by atoms with Crippen molar-refractivity contribution in [1.29, 1.82) is 0 Å². The Balaban J connectivity index is 1.35. The zero-order valence-electron chi connectivity index (χ0n) is 17.5. The highest BCUT2D eigenvalue weighted by molar-refractivity contribution is 5.89. The van der Waals surface area contributed by atoms with E-state index in [1.807, 2.05) is 21.9 Å². The summed E-state index contributed by atoms with van der Waals surface area (Å²) in [7, 11) is 0. The maximum absolute atomic E-state index is 13.0. The van der Waals surface area contributed by atoms with Gasteiger partial charge in [-0.1, -0.05) is 19.1 Å². The number of rotatable bonds is 4. The fraction of sp³-hybridized carbons (Fsp3) is 0.652. The first kappa shape index (κ1) is 20.2. The van der Waals surface area contributed by atoms with Crippen LogP contribution in [0.25, 0.3) is 0 Å². The molecular weight excluding hydrogens is 366 g/mol. The van der Waals surface area contributed by atoms with Gasteiger partial charge in [-0.15, -0.1) is 0 Å². The topological polar surface area (TPSA) is 53.1 Å². The first-order valence-corrected chi connectivity index (χ1v) is 11.1. The maximum Gasteiger partial charge on any atom is 0.245 e. The fourth-order valence-electron chi connectivity index (χ4n) is 4.68. The van der Waals surface area contributed by atoms with E-state index < -0.39 is 0 Å². The molecule has 3 saturated heterocycles. The summed E-state index contributed by atoms with van der Waals surface area (Å²) in [4.78, 5) is 32.1. The number of morpholine rings is 1. The van der Waals surface area contributed by atoms with Gasteiger partial charge in [-0.2, -0.15) is 0 Å². The van der Waals surface area contributed by atoms with E-state index in [0.717, 1.165) is 70.6 Å². The van der Waals surface area contributed by atoms with Crippen molar-refractivity contribution in [2.45, 2.75) is 45.1 Å². The van der Waals surface area contributed by atoms with E-state index in [0.29, 0.717) is 18.9 Å². The molecule has 1 aromatic carbocycles. The largest absolute Gasteiger partial charge is 0.378 e. The number of ether oxygens (including phenoxy) is 1. The Labute approximate surface area is 173 Å². The third-order valence-electron chi connectivity index (χ3n) is 6.62. The van der Waals surface area contributed by atoms with Crippen molar-refractivity contribution < 1.29 is 14.3 Å². The fourth-order valence-corrected chi connectivity index (χ4v) is 4.68. The van der Waals surface area contributed by atoms with E-state index in [4.69, 9.17) is 4.74 Å². The minimum absolute atomic E-state index is 0.0744. The standard InChI is InChI=1S/C23H33N3O3/c1-18-8-11-25(12-9-18)23(28)21-3-2-10-26(21)22(27)17-19-4-6-20(7-5-19)24-13-15-29-16-14-24/h4-7,18,21H,2-3,8-17H2,1H3. The highest BCUT2D eigenvalue weighted by Gasteiger charge is 2.37. The van der Waals surface area contributed by atoms with Crippen LogP contribution in [0.15, 0.2) is 24.3 Å². The molecule has 0 radical (unpaired) electrons. The van der Waals surface area contributed by atoms with Crippen LogP contribution in [0.5, 0.6) is 0 Å². The molecule has 3 fully saturated rings. The van der Waals surface area contributed by atoms with Gasteiger partial charge in [0.1, 0.15) is 6.04 Å². The number of hydrogen-bond donors (Lipinski definition) is 0. The van der Waals surface area contributed by atoms with E-state index in [1.165, 1.54) is 5.69 Å². The molecule has 0 saturated carbocycles. The zero-order chi connectivity index (χ0) is 20.2. The van der Waals surface area contributed by atoms with Crippen molar-refractivity contribution in [2.75, 3.05) is 50.8 Å².